The Morgan fingerprint density at radius 2 is 1.38 bits per heavy atom. The van der Waals surface area contributed by atoms with Crippen LogP contribution in [0, 0.1) is 0 Å². The fourth-order valence-electron chi connectivity index (χ4n) is 2.18. The van der Waals surface area contributed by atoms with Crippen molar-refractivity contribution in [2.24, 2.45) is 0 Å². The van der Waals surface area contributed by atoms with E-state index in [1.54, 1.807) is 0 Å². The van der Waals surface area contributed by atoms with Crippen molar-refractivity contribution in [1.82, 2.24) is 0 Å². The Bertz CT molecular complexity index is 858. The van der Waals surface area contributed by atoms with Crippen LogP contribution >= 0.6 is 7.82 Å². The number of allylic oxidation sites excluding steroid dienone is 2. The Kier molecular flexibility index (Phi) is 8.62. The molecule has 0 aliphatic heterocycles. The van der Waals surface area contributed by atoms with Gasteiger partial charge in [-0.3, -0.25) is 13.8 Å². The number of aliphatic carboxylic acids is 1. The second-order valence-electron chi connectivity index (χ2n) is 6.08. The van der Waals surface area contributed by atoms with E-state index >= 15 is 0 Å². The third-order valence-corrected chi connectivity index (χ3v) is 4.93. The summed E-state index contributed by atoms with van der Waals surface area (Å²) < 4.78 is 29.5. The van der Waals surface area contributed by atoms with Crippen molar-refractivity contribution in [3.8, 4) is 0 Å². The number of hydrogen-bond donors (Lipinski definition) is 1. The molecule has 0 aliphatic carbocycles. The largest absolute Gasteiger partial charge is 0.530 e. The lowest BCUT2D eigenvalue weighted by atomic mass is 10.2. The van der Waals surface area contributed by atoms with Crippen molar-refractivity contribution < 1.29 is 28.0 Å². The van der Waals surface area contributed by atoms with E-state index in [2.05, 4.69) is 13.2 Å². The maximum Gasteiger partial charge on any atom is 0.530 e. The molecular weight excluding hydrogens is 391 g/mol. The molecule has 1 N–H and O–H groups in total. The van der Waals surface area contributed by atoms with Crippen LogP contribution in [0.2, 0.25) is 0 Å². The Balaban J connectivity index is 2.05. The highest BCUT2D eigenvalue weighted by atomic mass is 31.2. The molecule has 0 aromatic heterocycles. The zero-order valence-corrected chi connectivity index (χ0v) is 16.8. The van der Waals surface area contributed by atoms with Crippen LogP contribution in [0.4, 0.5) is 0 Å². The first-order chi connectivity index (χ1) is 13.9. The second-order valence-corrected chi connectivity index (χ2v) is 7.68. The van der Waals surface area contributed by atoms with E-state index in [0.29, 0.717) is 5.57 Å². The summed E-state index contributed by atoms with van der Waals surface area (Å²) in [5.74, 6) is -1.00. The molecule has 2 rings (SSSR count). The third-order valence-electron chi connectivity index (χ3n) is 3.58. The smallest absolute Gasteiger partial charge is 0.481 e. The number of carboxylic acids is 1. The van der Waals surface area contributed by atoms with Crippen LogP contribution in [-0.2, 0) is 36.1 Å². The highest BCUT2D eigenvalue weighted by molar-refractivity contribution is 7.48. The summed E-state index contributed by atoms with van der Waals surface area (Å²) >= 11 is 0. The Morgan fingerprint density at radius 1 is 0.897 bits per heavy atom. The number of rotatable bonds is 12. The number of carboxylic acid groups (broad SMARTS) is 1. The normalized spacial score (nSPS) is 11.3. The third kappa shape index (κ3) is 8.75. The van der Waals surface area contributed by atoms with Gasteiger partial charge in [0.25, 0.3) is 0 Å². The lowest BCUT2D eigenvalue weighted by Gasteiger charge is -2.19. The van der Waals surface area contributed by atoms with Crippen molar-refractivity contribution in [3.63, 3.8) is 0 Å². The zero-order chi connectivity index (χ0) is 21.1. The minimum atomic E-state index is -3.99. The molecular formula is C22H23O6P. The molecule has 0 unspecified atom stereocenters. The fourth-order valence-corrected chi connectivity index (χ4v) is 3.33. The summed E-state index contributed by atoms with van der Waals surface area (Å²) in [6.45, 7) is 7.34. The molecule has 0 heterocycles. The zero-order valence-electron chi connectivity index (χ0n) is 15.9. The van der Waals surface area contributed by atoms with Gasteiger partial charge in [-0.25, -0.2) is 4.57 Å². The first-order valence-corrected chi connectivity index (χ1v) is 10.3. The molecule has 0 radical (unpaired) electrons. The number of phosphoric ester groups is 1. The van der Waals surface area contributed by atoms with Crippen LogP contribution < -0.4 is 0 Å². The van der Waals surface area contributed by atoms with Gasteiger partial charge in [-0.05, 0) is 22.8 Å². The van der Waals surface area contributed by atoms with Crippen LogP contribution in [0.15, 0.2) is 97.3 Å². The summed E-state index contributed by atoms with van der Waals surface area (Å²) in [5.41, 5.74) is 1.94. The van der Waals surface area contributed by atoms with Gasteiger partial charge in [-0.1, -0.05) is 79.9 Å². The molecule has 0 atom stereocenters. The van der Waals surface area contributed by atoms with Gasteiger partial charge >= 0.3 is 13.8 Å². The minimum Gasteiger partial charge on any atom is -0.481 e. The van der Waals surface area contributed by atoms with Gasteiger partial charge in [0.2, 0.25) is 0 Å². The molecule has 2 aromatic rings. The Hall–Kier alpha value is -2.92. The number of benzene rings is 2. The van der Waals surface area contributed by atoms with E-state index in [9.17, 15) is 9.36 Å². The molecule has 0 saturated carbocycles. The number of hydrogen-bond acceptors (Lipinski definition) is 5. The van der Waals surface area contributed by atoms with Gasteiger partial charge in [0.05, 0.1) is 19.6 Å². The molecule has 0 spiro atoms. The maximum atomic E-state index is 13.1. The van der Waals surface area contributed by atoms with Crippen molar-refractivity contribution in [2.75, 3.05) is 0 Å². The van der Waals surface area contributed by atoms with E-state index in [-0.39, 0.29) is 25.4 Å². The van der Waals surface area contributed by atoms with E-state index in [0.717, 1.165) is 11.1 Å². The maximum absolute atomic E-state index is 13.1. The molecule has 6 nitrogen and oxygen atoms in total. The molecule has 0 aliphatic rings. The van der Waals surface area contributed by atoms with Crippen LogP contribution in [0.25, 0.3) is 0 Å². The fraction of sp³-hybridized carbons (Fsp3) is 0.136. The molecule has 0 bridgehead atoms. The number of phosphoric acid groups is 1. The van der Waals surface area contributed by atoms with E-state index in [4.69, 9.17) is 18.7 Å². The van der Waals surface area contributed by atoms with E-state index in [1.807, 2.05) is 60.7 Å². The Morgan fingerprint density at radius 3 is 1.83 bits per heavy atom. The lowest BCUT2D eigenvalue weighted by Crippen LogP contribution is -2.01. The van der Waals surface area contributed by atoms with Gasteiger partial charge in [-0.15, -0.1) is 0 Å². The average Bonchev–Trinajstić information content (AvgIpc) is 2.71. The number of carbonyl (C=O) groups is 1. The SMILES string of the molecule is C=C(/C=C\C(=C)OP(=O)(OCc1ccccc1)OCc1ccccc1)CC(=O)O. The highest BCUT2D eigenvalue weighted by Gasteiger charge is 2.29. The van der Waals surface area contributed by atoms with Crippen LogP contribution in [0.5, 0.6) is 0 Å². The predicted octanol–water partition coefficient (Wildman–Crippen LogP) is 5.65. The highest BCUT2D eigenvalue weighted by Crippen LogP contribution is 2.52. The molecule has 29 heavy (non-hydrogen) atoms. The summed E-state index contributed by atoms with van der Waals surface area (Å²) in [4.78, 5) is 10.7. The molecule has 152 valence electrons. The molecule has 0 saturated heterocycles. The van der Waals surface area contributed by atoms with Gasteiger partial charge in [0.15, 0.2) is 0 Å². The van der Waals surface area contributed by atoms with Gasteiger partial charge in [0, 0.05) is 0 Å². The molecule has 0 fully saturated rings. The molecule has 0 amide bonds. The van der Waals surface area contributed by atoms with Gasteiger partial charge < -0.3 is 9.63 Å². The van der Waals surface area contributed by atoms with Crippen molar-refractivity contribution in [1.29, 1.82) is 0 Å². The average molecular weight is 414 g/mol. The van der Waals surface area contributed by atoms with Crippen molar-refractivity contribution >= 4 is 13.8 Å². The summed E-state index contributed by atoms with van der Waals surface area (Å²) in [6, 6.07) is 18.4. The quantitative estimate of drug-likeness (QED) is 0.275. The van der Waals surface area contributed by atoms with Crippen LogP contribution in [0.3, 0.4) is 0 Å². The summed E-state index contributed by atoms with van der Waals surface area (Å²) in [5, 5.41) is 8.76. The van der Waals surface area contributed by atoms with Crippen LogP contribution in [0.1, 0.15) is 17.5 Å². The van der Waals surface area contributed by atoms with Crippen molar-refractivity contribution in [3.05, 3.63) is 108 Å². The summed E-state index contributed by atoms with van der Waals surface area (Å²) in [6.07, 6.45) is 2.57. The first kappa shape index (κ1) is 22.4. The minimum absolute atomic E-state index is 0.000922. The van der Waals surface area contributed by atoms with Crippen molar-refractivity contribution in [2.45, 2.75) is 19.6 Å². The monoisotopic (exact) mass is 414 g/mol. The standard InChI is InChI=1S/C22H23O6P/c1-18(15-22(23)24)13-14-19(2)28-29(25,26-16-20-9-5-3-6-10-20)27-17-21-11-7-4-8-12-21/h3-14H,1-2,15-17H2,(H,23,24)/b14-13-. The first-order valence-electron chi connectivity index (χ1n) is 8.79. The molecule has 7 heteroatoms. The predicted molar refractivity (Wildman–Crippen MR) is 111 cm³/mol. The lowest BCUT2D eigenvalue weighted by molar-refractivity contribution is -0.136. The topological polar surface area (TPSA) is 82.1 Å². The van der Waals surface area contributed by atoms with Crippen LogP contribution in [-0.4, -0.2) is 11.1 Å². The van der Waals surface area contributed by atoms with E-state index in [1.165, 1.54) is 12.2 Å². The second kappa shape index (κ2) is 11.2. The van der Waals surface area contributed by atoms with Gasteiger partial charge in [0.1, 0.15) is 5.76 Å². The summed E-state index contributed by atoms with van der Waals surface area (Å²) in [7, 11) is -3.99. The molecule has 2 aromatic carbocycles. The van der Waals surface area contributed by atoms with E-state index < -0.39 is 13.8 Å². The Labute approximate surface area is 170 Å². The van der Waals surface area contributed by atoms with Gasteiger partial charge in [-0.2, -0.15) is 0 Å².